The fourth-order valence-electron chi connectivity index (χ4n) is 5.47. The van der Waals surface area contributed by atoms with Crippen LogP contribution in [0.2, 0.25) is 0 Å². The summed E-state index contributed by atoms with van der Waals surface area (Å²) in [4.78, 5) is 14.8. The van der Waals surface area contributed by atoms with Gasteiger partial charge in [0.15, 0.2) is 0 Å². The summed E-state index contributed by atoms with van der Waals surface area (Å²) in [6.45, 7) is 0. The number of benzene rings is 5. The molecule has 0 aliphatic heterocycles. The smallest absolute Gasteiger partial charge is 0.328 e. The van der Waals surface area contributed by atoms with Gasteiger partial charge < -0.3 is 4.74 Å². The van der Waals surface area contributed by atoms with Crippen molar-refractivity contribution in [3.8, 4) is 23.7 Å². The predicted molar refractivity (Wildman–Crippen MR) is 168 cm³/mol. The van der Waals surface area contributed by atoms with Crippen LogP contribution in [-0.4, -0.2) is 24.1 Å². The van der Waals surface area contributed by atoms with Crippen molar-refractivity contribution in [1.82, 2.24) is 24.1 Å². The molecular weight excluding hydrogens is 609 g/mol. The maximum Gasteiger partial charge on any atom is 0.328 e. The van der Waals surface area contributed by atoms with Gasteiger partial charge in [-0.25, -0.2) is 0 Å². The van der Waals surface area contributed by atoms with Crippen molar-refractivity contribution < 1.29 is 4.74 Å². The minimum atomic E-state index is 0.227. The van der Waals surface area contributed by atoms with Crippen LogP contribution in [0.3, 0.4) is 0 Å². The third kappa shape index (κ3) is 3.65. The maximum absolute atomic E-state index is 6.27. The van der Waals surface area contributed by atoms with Gasteiger partial charge in [-0.05, 0) is 71.1 Å². The molecule has 0 fully saturated rings. The van der Waals surface area contributed by atoms with E-state index in [1.165, 1.54) is 0 Å². The zero-order chi connectivity index (χ0) is 26.6. The molecule has 0 N–H and O–H groups in total. The summed E-state index contributed by atoms with van der Waals surface area (Å²) in [5.74, 6) is 1.64. The van der Waals surface area contributed by atoms with Crippen LogP contribution in [0.25, 0.3) is 55.5 Å². The van der Waals surface area contributed by atoms with Gasteiger partial charge in [-0.2, -0.15) is 15.0 Å². The van der Waals surface area contributed by atoms with E-state index in [-0.39, 0.29) is 6.01 Å². The van der Waals surface area contributed by atoms with Crippen LogP contribution in [0.15, 0.2) is 121 Å². The van der Waals surface area contributed by atoms with E-state index in [2.05, 4.69) is 105 Å². The Bertz CT molecular complexity index is 1980. The van der Waals surface area contributed by atoms with Gasteiger partial charge in [-0.3, -0.25) is 9.13 Å². The molecule has 0 radical (unpaired) electrons. The lowest BCUT2D eigenvalue weighted by atomic mass is 10.2. The molecule has 6 nitrogen and oxygen atoms in total. The van der Waals surface area contributed by atoms with Gasteiger partial charge >= 0.3 is 6.01 Å². The van der Waals surface area contributed by atoms with Gasteiger partial charge in [0.1, 0.15) is 5.75 Å². The van der Waals surface area contributed by atoms with Crippen LogP contribution in [0, 0.1) is 3.57 Å². The van der Waals surface area contributed by atoms with Crippen LogP contribution in [-0.2, 0) is 0 Å². The summed E-state index contributed by atoms with van der Waals surface area (Å²) >= 11 is 2.28. The first kappa shape index (κ1) is 23.2. The van der Waals surface area contributed by atoms with Crippen molar-refractivity contribution >= 4 is 66.2 Å². The van der Waals surface area contributed by atoms with Crippen LogP contribution >= 0.6 is 22.6 Å². The Morgan fingerprint density at radius 3 is 1.23 bits per heavy atom. The van der Waals surface area contributed by atoms with Gasteiger partial charge in [0.05, 0.1) is 22.1 Å². The Balaban J connectivity index is 1.44. The number of nitrogens with zero attached hydrogens (tertiary/aromatic N) is 5. The van der Waals surface area contributed by atoms with Crippen molar-refractivity contribution in [2.45, 2.75) is 0 Å². The van der Waals surface area contributed by atoms with E-state index in [4.69, 9.17) is 19.7 Å². The van der Waals surface area contributed by atoms with Crippen LogP contribution in [0.4, 0.5) is 0 Å². The van der Waals surface area contributed by atoms with Crippen molar-refractivity contribution in [2.75, 3.05) is 0 Å². The Morgan fingerprint density at radius 2 is 0.825 bits per heavy atom. The van der Waals surface area contributed by atoms with Crippen molar-refractivity contribution in [3.63, 3.8) is 0 Å². The van der Waals surface area contributed by atoms with Crippen molar-refractivity contribution in [1.29, 1.82) is 0 Å². The van der Waals surface area contributed by atoms with Gasteiger partial charge in [0, 0.05) is 25.1 Å². The van der Waals surface area contributed by atoms with E-state index in [1.807, 2.05) is 48.5 Å². The summed E-state index contributed by atoms with van der Waals surface area (Å²) in [7, 11) is 0. The number of rotatable bonds is 4. The molecule has 0 aliphatic carbocycles. The number of aromatic nitrogens is 5. The van der Waals surface area contributed by atoms with E-state index in [0.717, 1.165) is 47.2 Å². The molecule has 0 amide bonds. The third-order valence-electron chi connectivity index (χ3n) is 7.17. The largest absolute Gasteiger partial charge is 0.424 e. The van der Waals surface area contributed by atoms with E-state index < -0.39 is 0 Å². The monoisotopic (exact) mass is 629 g/mol. The van der Waals surface area contributed by atoms with Crippen molar-refractivity contribution in [2.24, 2.45) is 0 Å². The van der Waals surface area contributed by atoms with Crippen LogP contribution in [0.5, 0.6) is 11.8 Å². The van der Waals surface area contributed by atoms with Crippen LogP contribution < -0.4 is 4.74 Å². The highest BCUT2D eigenvalue weighted by Crippen LogP contribution is 2.34. The number of ether oxygens (including phenoxy) is 1. The van der Waals surface area contributed by atoms with Gasteiger partial charge in [-0.15, -0.1) is 0 Å². The normalized spacial score (nSPS) is 11.6. The topological polar surface area (TPSA) is 57.8 Å². The fourth-order valence-corrected chi connectivity index (χ4v) is 5.82. The minimum Gasteiger partial charge on any atom is -0.424 e. The number of halogens is 1. The first-order valence-electron chi connectivity index (χ1n) is 12.9. The highest BCUT2D eigenvalue weighted by atomic mass is 127. The molecule has 0 unspecified atom stereocenters. The molecule has 7 heteroatoms. The first-order valence-corrected chi connectivity index (χ1v) is 14.0. The molecule has 40 heavy (non-hydrogen) atoms. The standard InChI is InChI=1S/C33H20IN5O/c34-21-17-19-22(20-18-21)40-33-36-31(38-27-13-5-1-9-23(27)24-10-2-6-14-28(24)38)35-32(37-33)39-29-15-7-3-11-25(29)26-12-4-8-16-30(26)39/h1-20H. The second-order valence-corrected chi connectivity index (χ2v) is 10.8. The van der Waals surface area contributed by atoms with Gasteiger partial charge in [0.25, 0.3) is 0 Å². The molecule has 0 saturated heterocycles. The van der Waals surface area contributed by atoms with Crippen molar-refractivity contribution in [3.05, 3.63) is 125 Å². The second-order valence-electron chi connectivity index (χ2n) is 9.51. The van der Waals surface area contributed by atoms with E-state index >= 15 is 0 Å². The zero-order valence-corrected chi connectivity index (χ0v) is 23.2. The number of fused-ring (bicyclic) bond motifs is 6. The number of hydrogen-bond donors (Lipinski definition) is 0. The quantitative estimate of drug-likeness (QED) is 0.183. The maximum atomic E-state index is 6.27. The average Bonchev–Trinajstić information content (AvgIpc) is 3.51. The Labute approximate surface area is 242 Å². The van der Waals surface area contributed by atoms with Gasteiger partial charge in [0.2, 0.25) is 11.9 Å². The molecule has 8 aromatic rings. The molecule has 190 valence electrons. The zero-order valence-electron chi connectivity index (χ0n) is 21.1. The van der Waals surface area contributed by atoms with E-state index in [0.29, 0.717) is 17.6 Å². The molecule has 3 heterocycles. The summed E-state index contributed by atoms with van der Waals surface area (Å²) in [6.07, 6.45) is 0. The first-order chi connectivity index (χ1) is 19.7. The highest BCUT2D eigenvalue weighted by Gasteiger charge is 2.20. The Morgan fingerprint density at radius 1 is 0.450 bits per heavy atom. The second kappa shape index (κ2) is 9.17. The van der Waals surface area contributed by atoms with Crippen LogP contribution in [0.1, 0.15) is 0 Å². The number of para-hydroxylation sites is 4. The Hall–Kier alpha value is -4.76. The molecule has 3 aromatic heterocycles. The molecule has 0 spiro atoms. The molecular formula is C33H20IN5O. The number of hydrogen-bond acceptors (Lipinski definition) is 4. The summed E-state index contributed by atoms with van der Waals surface area (Å²) in [6, 6.07) is 41.4. The molecule has 0 saturated carbocycles. The molecule has 5 aromatic carbocycles. The lowest BCUT2D eigenvalue weighted by Gasteiger charge is -2.12. The van der Waals surface area contributed by atoms with E-state index in [9.17, 15) is 0 Å². The summed E-state index contributed by atoms with van der Waals surface area (Å²) < 4.78 is 11.6. The van der Waals surface area contributed by atoms with E-state index in [1.54, 1.807) is 0 Å². The average molecular weight is 629 g/mol. The fraction of sp³-hybridized carbons (Fsp3) is 0. The Kier molecular flexibility index (Phi) is 5.31. The third-order valence-corrected chi connectivity index (χ3v) is 7.89. The highest BCUT2D eigenvalue weighted by molar-refractivity contribution is 14.1. The minimum absolute atomic E-state index is 0.227. The lowest BCUT2D eigenvalue weighted by Crippen LogP contribution is -2.10. The molecule has 0 bridgehead atoms. The summed E-state index contributed by atoms with van der Waals surface area (Å²) in [5.41, 5.74) is 4.07. The molecule has 0 aliphatic rings. The predicted octanol–water partition coefficient (Wildman–Crippen LogP) is 8.46. The van der Waals surface area contributed by atoms with Gasteiger partial charge in [-0.1, -0.05) is 72.8 Å². The lowest BCUT2D eigenvalue weighted by molar-refractivity contribution is 0.437. The molecule has 0 atom stereocenters. The SMILES string of the molecule is Ic1ccc(Oc2nc(-n3c4ccccc4c4ccccc43)nc(-n3c4ccccc4c4ccccc43)n2)cc1. The molecule has 8 rings (SSSR count). The summed E-state index contributed by atoms with van der Waals surface area (Å²) in [5, 5.41) is 4.54.